The Hall–Kier alpha value is -3.94. The van der Waals surface area contributed by atoms with Crippen LogP contribution in [-0.2, 0) is 4.79 Å². The molecule has 0 atom stereocenters. The van der Waals surface area contributed by atoms with Crippen LogP contribution in [0, 0.1) is 11.7 Å². The molecule has 0 unspecified atom stereocenters. The van der Waals surface area contributed by atoms with Gasteiger partial charge in [0.25, 0.3) is 11.8 Å². The van der Waals surface area contributed by atoms with Crippen molar-refractivity contribution in [2.45, 2.75) is 31.8 Å². The first-order valence-electron chi connectivity index (χ1n) is 11.6. The minimum atomic E-state index is -0.793. The summed E-state index contributed by atoms with van der Waals surface area (Å²) in [7, 11) is 0. The molecule has 35 heavy (non-hydrogen) atoms. The third kappa shape index (κ3) is 6.15. The molecular weight excluding hydrogens is 451 g/mol. The maximum atomic E-state index is 14.5. The number of carboxylic acid groups (broad SMARTS) is 1. The summed E-state index contributed by atoms with van der Waals surface area (Å²) in [6.45, 7) is 0.335. The molecule has 1 fully saturated rings. The second kappa shape index (κ2) is 11.0. The molecule has 8 heteroatoms. The number of hydrogen-bond acceptors (Lipinski definition) is 4. The topological polar surface area (TPSA) is 105 Å². The zero-order valence-electron chi connectivity index (χ0n) is 19.1. The first kappa shape index (κ1) is 24.2. The molecule has 7 nitrogen and oxygen atoms in total. The van der Waals surface area contributed by atoms with Crippen molar-refractivity contribution in [3.63, 3.8) is 0 Å². The Bertz CT molecular complexity index is 1240. The monoisotopic (exact) mass is 478 g/mol. The fourth-order valence-corrected chi connectivity index (χ4v) is 4.25. The lowest BCUT2D eigenvalue weighted by Crippen LogP contribution is -2.35. The third-order valence-electron chi connectivity index (χ3n) is 6.22. The van der Waals surface area contributed by atoms with Crippen molar-refractivity contribution < 1.29 is 28.6 Å². The van der Waals surface area contributed by atoms with Gasteiger partial charge >= 0.3 is 5.97 Å². The number of benzene rings is 3. The quantitative estimate of drug-likeness (QED) is 0.422. The lowest BCUT2D eigenvalue weighted by Gasteiger charge is -2.26. The molecule has 0 radical (unpaired) electrons. The Kier molecular flexibility index (Phi) is 7.60. The van der Waals surface area contributed by atoms with Gasteiger partial charge in [-0.1, -0.05) is 30.3 Å². The molecule has 182 valence electrons. The van der Waals surface area contributed by atoms with E-state index in [0.29, 0.717) is 37.0 Å². The Labute approximate surface area is 202 Å². The van der Waals surface area contributed by atoms with Gasteiger partial charge < -0.3 is 20.5 Å². The van der Waals surface area contributed by atoms with Crippen molar-refractivity contribution in [3.05, 3.63) is 77.6 Å². The summed E-state index contributed by atoms with van der Waals surface area (Å²) in [6, 6.07) is 17.2. The van der Waals surface area contributed by atoms with Crippen LogP contribution in [0.4, 0.5) is 4.39 Å². The maximum Gasteiger partial charge on any atom is 0.306 e. The second-order valence-corrected chi connectivity index (χ2v) is 8.65. The number of hydrogen-bond donors (Lipinski definition) is 3. The van der Waals surface area contributed by atoms with Crippen molar-refractivity contribution in [2.24, 2.45) is 5.92 Å². The fourth-order valence-electron chi connectivity index (χ4n) is 4.25. The molecule has 3 aromatic rings. The first-order chi connectivity index (χ1) is 16.9. The number of carboxylic acids is 1. The number of fused-ring (bicyclic) bond motifs is 1. The van der Waals surface area contributed by atoms with Crippen LogP contribution in [0.1, 0.15) is 46.4 Å². The minimum Gasteiger partial charge on any atom is -0.490 e. The van der Waals surface area contributed by atoms with E-state index >= 15 is 0 Å². The molecule has 0 bridgehead atoms. The van der Waals surface area contributed by atoms with E-state index in [1.165, 1.54) is 18.2 Å². The maximum absolute atomic E-state index is 14.5. The van der Waals surface area contributed by atoms with E-state index in [9.17, 15) is 18.8 Å². The van der Waals surface area contributed by atoms with Crippen LogP contribution in [0.15, 0.2) is 60.7 Å². The Morgan fingerprint density at radius 3 is 2.23 bits per heavy atom. The highest BCUT2D eigenvalue weighted by molar-refractivity contribution is 5.98. The van der Waals surface area contributed by atoms with E-state index in [-0.39, 0.29) is 36.6 Å². The van der Waals surface area contributed by atoms with Crippen LogP contribution in [0.2, 0.25) is 0 Å². The lowest BCUT2D eigenvalue weighted by molar-refractivity contribution is -0.143. The standard InChI is InChI=1S/C27H27FN2O5/c28-24-16-22(35-21-9-7-18(8-10-21)27(33)34)11-12-23(24)26(32)30-14-13-29-25(31)20-6-5-17-3-1-2-4-19(17)15-20/h1-6,11-12,15-16,18,21H,7-10,13-14H2,(H,29,31)(H,30,32)(H,33,34)/t18-,21-. The van der Waals surface area contributed by atoms with Gasteiger partial charge in [0.05, 0.1) is 17.6 Å². The summed E-state index contributed by atoms with van der Waals surface area (Å²) in [5, 5.41) is 16.4. The molecule has 1 saturated carbocycles. The smallest absolute Gasteiger partial charge is 0.306 e. The SMILES string of the molecule is O=C(NCCNC(=O)c1ccc(O[C@H]2CC[C@H](C(=O)O)CC2)cc1F)c1ccc2ccccc2c1. The molecular formula is C27H27FN2O5. The van der Waals surface area contributed by atoms with Crippen LogP contribution in [-0.4, -0.2) is 42.1 Å². The van der Waals surface area contributed by atoms with Crippen LogP contribution in [0.25, 0.3) is 10.8 Å². The van der Waals surface area contributed by atoms with Crippen LogP contribution < -0.4 is 15.4 Å². The highest BCUT2D eigenvalue weighted by Gasteiger charge is 2.27. The number of rotatable bonds is 8. The van der Waals surface area contributed by atoms with Crippen LogP contribution in [0.5, 0.6) is 5.75 Å². The van der Waals surface area contributed by atoms with Gasteiger partial charge in [-0.05, 0) is 60.7 Å². The molecule has 3 aromatic carbocycles. The zero-order valence-corrected chi connectivity index (χ0v) is 19.1. The molecule has 1 aliphatic rings. The highest BCUT2D eigenvalue weighted by atomic mass is 19.1. The second-order valence-electron chi connectivity index (χ2n) is 8.65. The number of aliphatic carboxylic acids is 1. The number of amides is 2. The van der Waals surface area contributed by atoms with Gasteiger partial charge in [0.2, 0.25) is 0 Å². The molecule has 4 rings (SSSR count). The molecule has 0 saturated heterocycles. The van der Waals surface area contributed by atoms with Gasteiger partial charge in [0.15, 0.2) is 0 Å². The zero-order chi connectivity index (χ0) is 24.8. The van der Waals surface area contributed by atoms with E-state index < -0.39 is 17.7 Å². The summed E-state index contributed by atoms with van der Waals surface area (Å²) < 4.78 is 20.3. The highest BCUT2D eigenvalue weighted by Crippen LogP contribution is 2.28. The Balaban J connectivity index is 1.23. The van der Waals surface area contributed by atoms with Crippen molar-refractivity contribution in [2.75, 3.05) is 13.1 Å². The van der Waals surface area contributed by atoms with Gasteiger partial charge in [-0.15, -0.1) is 0 Å². The van der Waals surface area contributed by atoms with Gasteiger partial charge in [0.1, 0.15) is 11.6 Å². The van der Waals surface area contributed by atoms with E-state index in [4.69, 9.17) is 9.84 Å². The Morgan fingerprint density at radius 1 is 0.857 bits per heavy atom. The normalized spacial score (nSPS) is 17.5. The molecule has 3 N–H and O–H groups in total. The molecule has 0 aromatic heterocycles. The number of carbonyl (C=O) groups is 3. The average Bonchev–Trinajstić information content (AvgIpc) is 2.86. The number of nitrogens with one attached hydrogen (secondary N) is 2. The van der Waals surface area contributed by atoms with Crippen molar-refractivity contribution >= 4 is 28.6 Å². The van der Waals surface area contributed by atoms with E-state index in [2.05, 4.69) is 10.6 Å². The van der Waals surface area contributed by atoms with E-state index in [0.717, 1.165) is 10.8 Å². The molecule has 2 amide bonds. The summed E-state index contributed by atoms with van der Waals surface area (Å²) >= 11 is 0. The predicted molar refractivity (Wildman–Crippen MR) is 129 cm³/mol. The van der Waals surface area contributed by atoms with Crippen molar-refractivity contribution in [1.82, 2.24) is 10.6 Å². The predicted octanol–water partition coefficient (Wildman–Crippen LogP) is 4.16. The average molecular weight is 479 g/mol. The third-order valence-corrected chi connectivity index (χ3v) is 6.22. The van der Waals surface area contributed by atoms with Crippen molar-refractivity contribution in [1.29, 1.82) is 0 Å². The Morgan fingerprint density at radius 2 is 1.54 bits per heavy atom. The lowest BCUT2D eigenvalue weighted by atomic mass is 9.87. The molecule has 0 spiro atoms. The summed E-state index contributed by atoms with van der Waals surface area (Å²) in [5.74, 6) is -2.39. The number of carbonyl (C=O) groups excluding carboxylic acids is 2. The van der Waals surface area contributed by atoms with E-state index in [1.54, 1.807) is 12.1 Å². The van der Waals surface area contributed by atoms with E-state index in [1.807, 2.05) is 30.3 Å². The summed E-state index contributed by atoms with van der Waals surface area (Å²) in [5.41, 5.74) is 0.404. The van der Waals surface area contributed by atoms with Gasteiger partial charge in [-0.2, -0.15) is 0 Å². The number of halogens is 1. The molecule has 1 aliphatic carbocycles. The van der Waals surface area contributed by atoms with Gasteiger partial charge in [-0.3, -0.25) is 14.4 Å². The fraction of sp³-hybridized carbons (Fsp3) is 0.296. The molecule has 0 aliphatic heterocycles. The van der Waals surface area contributed by atoms with Gasteiger partial charge in [-0.25, -0.2) is 4.39 Å². The summed E-state index contributed by atoms with van der Waals surface area (Å²) in [4.78, 5) is 35.8. The minimum absolute atomic E-state index is 0.118. The first-order valence-corrected chi connectivity index (χ1v) is 11.6. The van der Waals surface area contributed by atoms with Crippen molar-refractivity contribution in [3.8, 4) is 5.75 Å². The van der Waals surface area contributed by atoms with Crippen LogP contribution >= 0.6 is 0 Å². The number of ether oxygens (including phenoxy) is 1. The van der Waals surface area contributed by atoms with Gasteiger partial charge in [0, 0.05) is 24.7 Å². The van der Waals surface area contributed by atoms with Crippen LogP contribution in [0.3, 0.4) is 0 Å². The summed E-state index contributed by atoms with van der Waals surface area (Å²) in [6.07, 6.45) is 2.06. The largest absolute Gasteiger partial charge is 0.490 e. The molecule has 0 heterocycles.